The van der Waals surface area contributed by atoms with Gasteiger partial charge in [0.2, 0.25) is 5.91 Å². The number of fused-ring (bicyclic) bond motifs is 1. The van der Waals surface area contributed by atoms with Crippen LogP contribution in [0.5, 0.6) is 0 Å². The standard InChI is InChI=1S/C14H20N2O2/c1-14(2,9-17)16-13(18)12-11-6-4-3-5-10(11)7-8-15-12/h3-6,12,15,17H,7-9H2,1-2H3,(H,16,18). The number of nitrogens with one attached hydrogen (secondary N) is 2. The zero-order valence-electron chi connectivity index (χ0n) is 10.9. The largest absolute Gasteiger partial charge is 0.394 e. The van der Waals surface area contributed by atoms with Gasteiger partial charge in [-0.25, -0.2) is 0 Å². The maximum atomic E-state index is 12.3. The summed E-state index contributed by atoms with van der Waals surface area (Å²) in [7, 11) is 0. The SMILES string of the molecule is CC(C)(CO)NC(=O)C1NCCc2ccccc21. The van der Waals surface area contributed by atoms with E-state index < -0.39 is 5.54 Å². The van der Waals surface area contributed by atoms with Crippen LogP contribution in [0.4, 0.5) is 0 Å². The molecule has 98 valence electrons. The number of aliphatic hydroxyl groups is 1. The summed E-state index contributed by atoms with van der Waals surface area (Å²) in [5.41, 5.74) is 1.67. The molecule has 1 unspecified atom stereocenters. The van der Waals surface area contributed by atoms with Crippen LogP contribution in [0.2, 0.25) is 0 Å². The van der Waals surface area contributed by atoms with E-state index in [-0.39, 0.29) is 18.6 Å². The van der Waals surface area contributed by atoms with Crippen LogP contribution in [0.15, 0.2) is 24.3 Å². The quantitative estimate of drug-likeness (QED) is 0.740. The molecule has 1 aromatic carbocycles. The molecule has 0 radical (unpaired) electrons. The van der Waals surface area contributed by atoms with Gasteiger partial charge < -0.3 is 15.7 Å². The molecule has 4 nitrogen and oxygen atoms in total. The van der Waals surface area contributed by atoms with E-state index in [2.05, 4.69) is 16.7 Å². The molecular formula is C14H20N2O2. The minimum atomic E-state index is -0.592. The van der Waals surface area contributed by atoms with E-state index in [0.717, 1.165) is 18.5 Å². The minimum absolute atomic E-state index is 0.0763. The first-order valence-electron chi connectivity index (χ1n) is 6.27. The number of carbonyl (C=O) groups excluding carboxylic acids is 1. The van der Waals surface area contributed by atoms with Crippen molar-refractivity contribution in [2.24, 2.45) is 0 Å². The minimum Gasteiger partial charge on any atom is -0.394 e. The maximum absolute atomic E-state index is 12.3. The lowest BCUT2D eigenvalue weighted by atomic mass is 9.93. The van der Waals surface area contributed by atoms with Gasteiger partial charge in [0.15, 0.2) is 0 Å². The van der Waals surface area contributed by atoms with E-state index in [1.54, 1.807) is 13.8 Å². The van der Waals surface area contributed by atoms with Gasteiger partial charge in [-0.3, -0.25) is 4.79 Å². The van der Waals surface area contributed by atoms with Gasteiger partial charge in [0.05, 0.1) is 12.1 Å². The molecule has 1 aliphatic rings. The van der Waals surface area contributed by atoms with E-state index in [1.807, 2.05) is 18.2 Å². The lowest BCUT2D eigenvalue weighted by Crippen LogP contribution is -2.51. The van der Waals surface area contributed by atoms with Crippen molar-refractivity contribution in [3.05, 3.63) is 35.4 Å². The summed E-state index contributed by atoms with van der Waals surface area (Å²) in [5.74, 6) is -0.0822. The third kappa shape index (κ3) is 2.71. The van der Waals surface area contributed by atoms with E-state index in [4.69, 9.17) is 0 Å². The van der Waals surface area contributed by atoms with Crippen LogP contribution in [-0.4, -0.2) is 29.7 Å². The van der Waals surface area contributed by atoms with E-state index >= 15 is 0 Å². The average molecular weight is 248 g/mol. The molecular weight excluding hydrogens is 228 g/mol. The Labute approximate surface area is 107 Å². The van der Waals surface area contributed by atoms with Gasteiger partial charge in [0.1, 0.15) is 6.04 Å². The molecule has 4 heteroatoms. The fourth-order valence-electron chi connectivity index (χ4n) is 2.18. The van der Waals surface area contributed by atoms with Crippen molar-refractivity contribution >= 4 is 5.91 Å². The van der Waals surface area contributed by atoms with Crippen molar-refractivity contribution in [2.75, 3.05) is 13.2 Å². The van der Waals surface area contributed by atoms with Crippen molar-refractivity contribution in [1.82, 2.24) is 10.6 Å². The monoisotopic (exact) mass is 248 g/mol. The number of amides is 1. The van der Waals surface area contributed by atoms with Gasteiger partial charge in [-0.05, 0) is 31.4 Å². The molecule has 1 heterocycles. The number of carbonyl (C=O) groups is 1. The summed E-state index contributed by atoms with van der Waals surface area (Å²) in [4.78, 5) is 12.3. The normalized spacial score (nSPS) is 19.2. The van der Waals surface area contributed by atoms with E-state index in [1.165, 1.54) is 5.56 Å². The molecule has 1 aromatic rings. The van der Waals surface area contributed by atoms with Crippen LogP contribution in [0.3, 0.4) is 0 Å². The molecule has 0 bridgehead atoms. The van der Waals surface area contributed by atoms with Crippen LogP contribution in [0.25, 0.3) is 0 Å². The van der Waals surface area contributed by atoms with Gasteiger partial charge in [0.25, 0.3) is 0 Å². The van der Waals surface area contributed by atoms with Crippen LogP contribution in [0, 0.1) is 0 Å². The summed E-state index contributed by atoms with van der Waals surface area (Å²) < 4.78 is 0. The average Bonchev–Trinajstić information content (AvgIpc) is 2.37. The molecule has 0 spiro atoms. The lowest BCUT2D eigenvalue weighted by molar-refractivity contribution is -0.125. The molecule has 1 aliphatic heterocycles. The third-order valence-corrected chi connectivity index (χ3v) is 3.23. The molecule has 0 saturated heterocycles. The Balaban J connectivity index is 2.18. The zero-order valence-corrected chi connectivity index (χ0v) is 10.9. The summed E-state index contributed by atoms with van der Waals surface area (Å²) in [6.45, 7) is 4.33. The van der Waals surface area contributed by atoms with Crippen molar-refractivity contribution in [3.63, 3.8) is 0 Å². The lowest BCUT2D eigenvalue weighted by Gasteiger charge is -2.30. The summed E-state index contributed by atoms with van der Waals surface area (Å²) in [5, 5.41) is 15.3. The Bertz CT molecular complexity index is 443. The first-order chi connectivity index (χ1) is 8.53. The zero-order chi connectivity index (χ0) is 13.2. The van der Waals surface area contributed by atoms with Gasteiger partial charge in [0, 0.05) is 6.54 Å². The first-order valence-corrected chi connectivity index (χ1v) is 6.27. The number of hydrogen-bond donors (Lipinski definition) is 3. The maximum Gasteiger partial charge on any atom is 0.242 e. The van der Waals surface area contributed by atoms with Crippen molar-refractivity contribution < 1.29 is 9.90 Å². The van der Waals surface area contributed by atoms with Crippen molar-refractivity contribution in [2.45, 2.75) is 31.8 Å². The molecule has 0 aromatic heterocycles. The van der Waals surface area contributed by atoms with E-state index in [0.29, 0.717) is 0 Å². The highest BCUT2D eigenvalue weighted by molar-refractivity contribution is 5.84. The van der Waals surface area contributed by atoms with Gasteiger partial charge in [-0.15, -0.1) is 0 Å². The predicted octanol–water partition coefficient (Wildman–Crippen LogP) is 0.760. The predicted molar refractivity (Wildman–Crippen MR) is 70.2 cm³/mol. The highest BCUT2D eigenvalue weighted by Gasteiger charge is 2.29. The second-order valence-electron chi connectivity index (χ2n) is 5.37. The van der Waals surface area contributed by atoms with Crippen LogP contribution in [-0.2, 0) is 11.2 Å². The van der Waals surface area contributed by atoms with Gasteiger partial charge in [-0.2, -0.15) is 0 Å². The number of rotatable bonds is 3. The molecule has 18 heavy (non-hydrogen) atoms. The second kappa shape index (κ2) is 5.08. The summed E-state index contributed by atoms with van der Waals surface area (Å²) >= 11 is 0. The fraction of sp³-hybridized carbons (Fsp3) is 0.500. The Morgan fingerprint density at radius 2 is 2.22 bits per heavy atom. The Morgan fingerprint density at radius 1 is 1.50 bits per heavy atom. The summed E-state index contributed by atoms with van der Waals surface area (Å²) in [6, 6.07) is 7.67. The van der Waals surface area contributed by atoms with Crippen molar-refractivity contribution in [1.29, 1.82) is 0 Å². The molecule has 0 aliphatic carbocycles. The van der Waals surface area contributed by atoms with Crippen LogP contribution in [0.1, 0.15) is 31.0 Å². The first kappa shape index (κ1) is 13.1. The Kier molecular flexibility index (Phi) is 3.68. The number of benzene rings is 1. The van der Waals surface area contributed by atoms with E-state index in [9.17, 15) is 9.90 Å². The highest BCUT2D eigenvalue weighted by atomic mass is 16.3. The van der Waals surface area contributed by atoms with Crippen LogP contribution < -0.4 is 10.6 Å². The molecule has 1 amide bonds. The van der Waals surface area contributed by atoms with Gasteiger partial charge >= 0.3 is 0 Å². The molecule has 3 N–H and O–H groups in total. The summed E-state index contributed by atoms with van der Waals surface area (Å²) in [6.07, 6.45) is 0.948. The number of hydrogen-bond acceptors (Lipinski definition) is 3. The smallest absolute Gasteiger partial charge is 0.242 e. The molecule has 0 fully saturated rings. The van der Waals surface area contributed by atoms with Crippen LogP contribution >= 0.6 is 0 Å². The highest BCUT2D eigenvalue weighted by Crippen LogP contribution is 2.23. The molecule has 0 saturated carbocycles. The fourth-order valence-corrected chi connectivity index (χ4v) is 2.18. The third-order valence-electron chi connectivity index (χ3n) is 3.23. The number of aliphatic hydroxyl groups excluding tert-OH is 1. The topological polar surface area (TPSA) is 61.4 Å². The Morgan fingerprint density at radius 3 is 2.94 bits per heavy atom. The Hall–Kier alpha value is -1.39. The van der Waals surface area contributed by atoms with Gasteiger partial charge in [-0.1, -0.05) is 24.3 Å². The molecule has 2 rings (SSSR count). The second-order valence-corrected chi connectivity index (χ2v) is 5.37. The van der Waals surface area contributed by atoms with Crippen molar-refractivity contribution in [3.8, 4) is 0 Å². The molecule has 1 atom stereocenters.